The fourth-order valence-corrected chi connectivity index (χ4v) is 2.19. The number of rotatable bonds is 2. The number of nitrogens with zero attached hydrogens (tertiary/aromatic N) is 2. The Kier molecular flexibility index (Phi) is 3.50. The lowest BCUT2D eigenvalue weighted by Crippen LogP contribution is -2.27. The zero-order valence-corrected chi connectivity index (χ0v) is 12.2. The van der Waals surface area contributed by atoms with Crippen LogP contribution in [0.5, 0.6) is 0 Å². The van der Waals surface area contributed by atoms with Gasteiger partial charge < -0.3 is 9.88 Å². The van der Waals surface area contributed by atoms with Gasteiger partial charge in [0.15, 0.2) is 0 Å². The SMILES string of the molecule is CN(C)C(=O)Nc1ccc(-c2c[nH]c3cc(F)ccc23)cn1. The first kappa shape index (κ1) is 14.1. The number of halogens is 1. The van der Waals surface area contributed by atoms with Crippen LogP contribution in [-0.4, -0.2) is 35.0 Å². The van der Waals surface area contributed by atoms with Crippen molar-refractivity contribution in [1.82, 2.24) is 14.9 Å². The molecule has 0 saturated heterocycles. The Balaban J connectivity index is 1.90. The number of hydrogen-bond donors (Lipinski definition) is 2. The largest absolute Gasteiger partial charge is 0.360 e. The third kappa shape index (κ3) is 2.63. The molecule has 0 spiro atoms. The summed E-state index contributed by atoms with van der Waals surface area (Å²) >= 11 is 0. The fourth-order valence-electron chi connectivity index (χ4n) is 2.19. The number of aromatic nitrogens is 2. The van der Waals surface area contributed by atoms with Gasteiger partial charge in [-0.15, -0.1) is 0 Å². The molecule has 0 bridgehead atoms. The van der Waals surface area contributed by atoms with Gasteiger partial charge in [0.2, 0.25) is 0 Å². The van der Waals surface area contributed by atoms with Crippen LogP contribution in [0.1, 0.15) is 0 Å². The average Bonchev–Trinajstić information content (AvgIpc) is 2.90. The monoisotopic (exact) mass is 298 g/mol. The Bertz CT molecular complexity index is 824. The molecule has 5 nitrogen and oxygen atoms in total. The van der Waals surface area contributed by atoms with Crippen LogP contribution in [-0.2, 0) is 0 Å². The number of benzene rings is 1. The topological polar surface area (TPSA) is 61.0 Å². The first-order valence-corrected chi connectivity index (χ1v) is 6.76. The summed E-state index contributed by atoms with van der Waals surface area (Å²) in [6.07, 6.45) is 3.50. The molecule has 0 unspecified atom stereocenters. The molecule has 0 radical (unpaired) electrons. The fraction of sp³-hybridized carbons (Fsp3) is 0.125. The van der Waals surface area contributed by atoms with Crippen LogP contribution in [0.4, 0.5) is 15.0 Å². The summed E-state index contributed by atoms with van der Waals surface area (Å²) in [5.41, 5.74) is 2.56. The summed E-state index contributed by atoms with van der Waals surface area (Å²) in [6, 6.07) is 7.99. The molecule has 1 aromatic carbocycles. The van der Waals surface area contributed by atoms with Gasteiger partial charge >= 0.3 is 6.03 Å². The Hall–Kier alpha value is -2.89. The van der Waals surface area contributed by atoms with Gasteiger partial charge in [-0.05, 0) is 30.3 Å². The second kappa shape index (κ2) is 5.48. The molecule has 0 aliphatic rings. The molecule has 0 saturated carbocycles. The standard InChI is InChI=1S/C16H15FN4O/c1-21(2)16(22)20-15-6-3-10(8-19-15)13-9-18-14-7-11(17)4-5-12(13)14/h3-9,18H,1-2H3,(H,19,20,22). The lowest BCUT2D eigenvalue weighted by molar-refractivity contribution is 0.230. The lowest BCUT2D eigenvalue weighted by Gasteiger charge is -2.11. The van der Waals surface area contributed by atoms with Gasteiger partial charge in [0.1, 0.15) is 11.6 Å². The quantitative estimate of drug-likeness (QED) is 0.761. The van der Waals surface area contributed by atoms with E-state index in [0.29, 0.717) is 5.82 Å². The zero-order valence-electron chi connectivity index (χ0n) is 12.2. The molecule has 0 fully saturated rings. The van der Waals surface area contributed by atoms with Crippen molar-refractivity contribution in [3.63, 3.8) is 0 Å². The number of pyridine rings is 1. The van der Waals surface area contributed by atoms with E-state index in [-0.39, 0.29) is 11.8 Å². The molecular formula is C16H15FN4O. The van der Waals surface area contributed by atoms with Gasteiger partial charge in [-0.2, -0.15) is 0 Å². The van der Waals surface area contributed by atoms with Gasteiger partial charge in [0.05, 0.1) is 0 Å². The van der Waals surface area contributed by atoms with Crippen molar-refractivity contribution in [2.75, 3.05) is 19.4 Å². The van der Waals surface area contributed by atoms with Crippen LogP contribution in [0, 0.1) is 5.82 Å². The molecule has 22 heavy (non-hydrogen) atoms. The molecule has 2 amide bonds. The summed E-state index contributed by atoms with van der Waals surface area (Å²) in [4.78, 5) is 20.3. The van der Waals surface area contributed by atoms with E-state index in [9.17, 15) is 9.18 Å². The molecule has 112 valence electrons. The van der Waals surface area contributed by atoms with Gasteiger partial charge in [-0.25, -0.2) is 14.2 Å². The van der Waals surface area contributed by atoms with Crippen LogP contribution in [0.25, 0.3) is 22.0 Å². The predicted octanol–water partition coefficient (Wildman–Crippen LogP) is 3.46. The van der Waals surface area contributed by atoms with Crippen molar-refractivity contribution in [3.05, 3.63) is 48.5 Å². The van der Waals surface area contributed by atoms with Crippen LogP contribution in [0.15, 0.2) is 42.7 Å². The van der Waals surface area contributed by atoms with E-state index >= 15 is 0 Å². The van der Waals surface area contributed by atoms with Gasteiger partial charge in [0.25, 0.3) is 0 Å². The second-order valence-electron chi connectivity index (χ2n) is 5.15. The number of nitrogens with one attached hydrogen (secondary N) is 2. The Morgan fingerprint density at radius 3 is 2.77 bits per heavy atom. The molecule has 6 heteroatoms. The predicted molar refractivity (Wildman–Crippen MR) is 84.2 cm³/mol. The number of fused-ring (bicyclic) bond motifs is 1. The van der Waals surface area contributed by atoms with Crippen LogP contribution in [0.3, 0.4) is 0 Å². The number of hydrogen-bond acceptors (Lipinski definition) is 2. The molecule has 0 atom stereocenters. The summed E-state index contributed by atoms with van der Waals surface area (Å²) < 4.78 is 13.2. The molecule has 2 aromatic heterocycles. The number of urea groups is 1. The summed E-state index contributed by atoms with van der Waals surface area (Å²) in [5.74, 6) is 0.203. The van der Waals surface area contributed by atoms with Crippen LogP contribution >= 0.6 is 0 Å². The van der Waals surface area contributed by atoms with E-state index in [1.807, 2.05) is 12.3 Å². The first-order chi connectivity index (χ1) is 10.5. The van der Waals surface area contributed by atoms with Gasteiger partial charge in [-0.3, -0.25) is 5.32 Å². The zero-order chi connectivity index (χ0) is 15.7. The molecular weight excluding hydrogens is 283 g/mol. The minimum absolute atomic E-state index is 0.234. The summed E-state index contributed by atoms with van der Waals surface area (Å²) in [5, 5.41) is 3.60. The van der Waals surface area contributed by atoms with Crippen molar-refractivity contribution in [3.8, 4) is 11.1 Å². The van der Waals surface area contributed by atoms with Crippen molar-refractivity contribution in [1.29, 1.82) is 0 Å². The minimum Gasteiger partial charge on any atom is -0.360 e. The second-order valence-corrected chi connectivity index (χ2v) is 5.15. The third-order valence-corrected chi connectivity index (χ3v) is 3.36. The normalized spacial score (nSPS) is 10.7. The summed E-state index contributed by atoms with van der Waals surface area (Å²) in [7, 11) is 3.32. The Morgan fingerprint density at radius 2 is 2.09 bits per heavy atom. The molecule has 3 rings (SSSR count). The molecule has 2 heterocycles. The number of aromatic amines is 1. The summed E-state index contributed by atoms with van der Waals surface area (Å²) in [6.45, 7) is 0. The number of H-pyrrole nitrogens is 1. The van der Waals surface area contributed by atoms with Crippen LogP contribution in [0.2, 0.25) is 0 Å². The maximum Gasteiger partial charge on any atom is 0.322 e. The van der Waals surface area contributed by atoms with Crippen LogP contribution < -0.4 is 5.32 Å². The van der Waals surface area contributed by atoms with E-state index in [2.05, 4.69) is 15.3 Å². The highest BCUT2D eigenvalue weighted by molar-refractivity contribution is 5.95. The van der Waals surface area contributed by atoms with E-state index in [1.165, 1.54) is 17.0 Å². The minimum atomic E-state index is -0.277. The Labute approximate surface area is 126 Å². The third-order valence-electron chi connectivity index (χ3n) is 3.36. The molecule has 2 N–H and O–H groups in total. The van der Waals surface area contributed by atoms with Gasteiger partial charge in [0, 0.05) is 48.5 Å². The van der Waals surface area contributed by atoms with Crippen molar-refractivity contribution >= 4 is 22.8 Å². The Morgan fingerprint density at radius 1 is 1.27 bits per heavy atom. The number of anilines is 1. The number of carbonyl (C=O) groups excluding carboxylic acids is 1. The number of carbonyl (C=O) groups is 1. The van der Waals surface area contributed by atoms with E-state index in [0.717, 1.165) is 22.0 Å². The highest BCUT2D eigenvalue weighted by atomic mass is 19.1. The maximum absolute atomic E-state index is 13.2. The lowest BCUT2D eigenvalue weighted by atomic mass is 10.1. The van der Waals surface area contributed by atoms with Crippen molar-refractivity contribution in [2.24, 2.45) is 0 Å². The molecule has 3 aromatic rings. The van der Waals surface area contributed by atoms with E-state index < -0.39 is 0 Å². The first-order valence-electron chi connectivity index (χ1n) is 6.76. The van der Waals surface area contributed by atoms with Crippen molar-refractivity contribution in [2.45, 2.75) is 0 Å². The maximum atomic E-state index is 13.2. The van der Waals surface area contributed by atoms with Gasteiger partial charge in [-0.1, -0.05) is 0 Å². The highest BCUT2D eigenvalue weighted by Gasteiger charge is 2.09. The number of amides is 2. The highest BCUT2D eigenvalue weighted by Crippen LogP contribution is 2.28. The van der Waals surface area contributed by atoms with E-state index in [4.69, 9.17) is 0 Å². The van der Waals surface area contributed by atoms with Crippen molar-refractivity contribution < 1.29 is 9.18 Å². The smallest absolute Gasteiger partial charge is 0.322 e. The average molecular weight is 298 g/mol. The molecule has 0 aliphatic carbocycles. The molecule has 0 aliphatic heterocycles. The van der Waals surface area contributed by atoms with E-state index in [1.54, 1.807) is 32.4 Å².